The molecule has 3 rings (SSSR count). The molecule has 0 heterocycles. The molecule has 10 heteroatoms. The molecule has 0 unspecified atom stereocenters. The van der Waals surface area contributed by atoms with Crippen molar-refractivity contribution in [3.05, 3.63) is 77.4 Å². The Bertz CT molecular complexity index is 1440. The summed E-state index contributed by atoms with van der Waals surface area (Å²) < 4.78 is 27.8. The van der Waals surface area contributed by atoms with Crippen LogP contribution in [0.2, 0.25) is 0 Å². The summed E-state index contributed by atoms with van der Waals surface area (Å²) in [6.07, 6.45) is 2.59. The Morgan fingerprint density at radius 3 is 1.78 bits per heavy atom. The van der Waals surface area contributed by atoms with Gasteiger partial charge in [0.15, 0.2) is 23.0 Å². The molecule has 10 nitrogen and oxygen atoms in total. The number of carbonyl (C=O) groups is 2. The number of unbranched alkanes of at least 4 members (excludes halogenated alkanes) is 2. The maximum absolute atomic E-state index is 13.0. The molecule has 0 saturated heterocycles. The average Bonchev–Trinajstić information content (AvgIpc) is 3.03. The zero-order chi connectivity index (χ0) is 32.9. The number of benzene rings is 3. The molecule has 0 radical (unpaired) electrons. The van der Waals surface area contributed by atoms with Gasteiger partial charge in [-0.1, -0.05) is 0 Å². The molecule has 242 valence electrons. The molecule has 0 aliphatic heterocycles. The summed E-state index contributed by atoms with van der Waals surface area (Å²) in [4.78, 5) is 31.5. The predicted octanol–water partition coefficient (Wildman–Crippen LogP) is 6.15. The lowest BCUT2D eigenvalue weighted by molar-refractivity contribution is 0.0643. The van der Waals surface area contributed by atoms with Crippen LogP contribution < -0.4 is 29.4 Å². The molecular formula is C35H45N3O7. The summed E-state index contributed by atoms with van der Waals surface area (Å²) in [6, 6.07) is 17.4. The SMILES string of the molecule is COc1ccc(C(=O)N=C(N)c2ccc(OCCCCCOc3ccc(C(=O)N(C(C)C)C(C)C)cc3OC)cc2)cc1OC. The lowest BCUT2D eigenvalue weighted by Crippen LogP contribution is -2.42. The highest BCUT2D eigenvalue weighted by atomic mass is 16.5. The smallest absolute Gasteiger partial charge is 0.279 e. The molecule has 0 bridgehead atoms. The van der Waals surface area contributed by atoms with Crippen LogP contribution in [0.1, 0.15) is 73.2 Å². The van der Waals surface area contributed by atoms with Gasteiger partial charge >= 0.3 is 0 Å². The van der Waals surface area contributed by atoms with E-state index < -0.39 is 5.91 Å². The zero-order valence-electron chi connectivity index (χ0n) is 27.3. The van der Waals surface area contributed by atoms with Gasteiger partial charge in [0, 0.05) is 28.8 Å². The molecule has 0 fully saturated rings. The minimum absolute atomic E-state index is 0.0303. The number of amidine groups is 1. The fourth-order valence-electron chi connectivity index (χ4n) is 4.82. The quantitative estimate of drug-likeness (QED) is 0.115. The Hall–Kier alpha value is -4.73. The zero-order valence-corrected chi connectivity index (χ0v) is 27.3. The fourth-order valence-corrected chi connectivity index (χ4v) is 4.82. The number of methoxy groups -OCH3 is 3. The molecule has 0 saturated carbocycles. The molecule has 3 aromatic rings. The highest BCUT2D eigenvalue weighted by Gasteiger charge is 2.22. The van der Waals surface area contributed by atoms with E-state index in [-0.39, 0.29) is 23.8 Å². The maximum Gasteiger partial charge on any atom is 0.279 e. The van der Waals surface area contributed by atoms with Crippen molar-refractivity contribution >= 4 is 17.6 Å². The fraction of sp³-hybridized carbons (Fsp3) is 0.400. The van der Waals surface area contributed by atoms with Crippen LogP contribution in [0, 0.1) is 0 Å². The molecule has 0 atom stereocenters. The van der Waals surface area contributed by atoms with Crippen LogP contribution in [-0.2, 0) is 0 Å². The van der Waals surface area contributed by atoms with E-state index in [0.29, 0.717) is 58.7 Å². The van der Waals surface area contributed by atoms with Gasteiger partial charge in [-0.05, 0) is 108 Å². The van der Waals surface area contributed by atoms with Gasteiger partial charge < -0.3 is 34.3 Å². The third-order valence-electron chi connectivity index (χ3n) is 7.08. The van der Waals surface area contributed by atoms with E-state index in [1.807, 2.05) is 32.6 Å². The Kier molecular flexibility index (Phi) is 13.1. The van der Waals surface area contributed by atoms with Crippen LogP contribution in [0.5, 0.6) is 28.7 Å². The molecule has 0 aromatic heterocycles. The van der Waals surface area contributed by atoms with Crippen LogP contribution >= 0.6 is 0 Å². The lowest BCUT2D eigenvalue weighted by Gasteiger charge is -2.31. The Balaban J connectivity index is 1.43. The first kappa shape index (κ1) is 34.8. The number of aliphatic imine (C=N–C) groups is 1. The van der Waals surface area contributed by atoms with Crippen molar-refractivity contribution in [3.63, 3.8) is 0 Å². The molecule has 2 amide bonds. The van der Waals surface area contributed by atoms with Crippen molar-refractivity contribution in [3.8, 4) is 28.7 Å². The molecule has 0 spiro atoms. The summed E-state index contributed by atoms with van der Waals surface area (Å²) in [7, 11) is 4.60. The van der Waals surface area contributed by atoms with E-state index in [4.69, 9.17) is 29.4 Å². The molecule has 0 aliphatic carbocycles. The Labute approximate surface area is 266 Å². The number of nitrogens with zero attached hydrogens (tertiary/aromatic N) is 2. The first-order chi connectivity index (χ1) is 21.6. The number of ether oxygens (including phenoxy) is 5. The topological polar surface area (TPSA) is 122 Å². The number of carbonyl (C=O) groups excluding carboxylic acids is 2. The molecular weight excluding hydrogens is 574 g/mol. The van der Waals surface area contributed by atoms with Crippen LogP contribution in [0.15, 0.2) is 65.7 Å². The number of hydrogen-bond donors (Lipinski definition) is 1. The van der Waals surface area contributed by atoms with Crippen molar-refractivity contribution < 1.29 is 33.3 Å². The van der Waals surface area contributed by atoms with Crippen molar-refractivity contribution in [1.82, 2.24) is 4.90 Å². The van der Waals surface area contributed by atoms with Crippen LogP contribution in [0.25, 0.3) is 0 Å². The summed E-state index contributed by atoms with van der Waals surface area (Å²) in [5.41, 5.74) is 7.61. The van der Waals surface area contributed by atoms with Gasteiger partial charge in [-0.25, -0.2) is 0 Å². The standard InChI is InChI=1S/C35H45N3O7/c1-23(2)38(24(3)4)35(40)27-14-18-30(32(22-27)43-7)45-20-10-8-9-19-44-28-15-11-25(12-16-28)33(36)37-34(39)26-13-17-29(41-5)31(21-26)42-6/h11-18,21-24H,8-10,19-20H2,1-7H3,(H2,36,37,39). The average molecular weight is 620 g/mol. The predicted molar refractivity (Wildman–Crippen MR) is 175 cm³/mol. The highest BCUT2D eigenvalue weighted by molar-refractivity contribution is 6.09. The first-order valence-electron chi connectivity index (χ1n) is 15.1. The highest BCUT2D eigenvalue weighted by Crippen LogP contribution is 2.30. The van der Waals surface area contributed by atoms with Crippen molar-refractivity contribution in [2.75, 3.05) is 34.5 Å². The molecule has 45 heavy (non-hydrogen) atoms. The maximum atomic E-state index is 13.0. The first-order valence-corrected chi connectivity index (χ1v) is 15.1. The summed E-state index contributed by atoms with van der Waals surface area (Å²) in [5.74, 6) is 2.39. The molecule has 0 aliphatic rings. The number of hydrogen-bond acceptors (Lipinski definition) is 7. The second kappa shape index (κ2) is 16.9. The molecule has 2 N–H and O–H groups in total. The van der Waals surface area contributed by atoms with Gasteiger partial charge in [0.1, 0.15) is 11.6 Å². The van der Waals surface area contributed by atoms with E-state index in [9.17, 15) is 9.59 Å². The Morgan fingerprint density at radius 2 is 1.18 bits per heavy atom. The normalized spacial score (nSPS) is 11.4. The minimum Gasteiger partial charge on any atom is -0.494 e. The van der Waals surface area contributed by atoms with E-state index in [1.54, 1.807) is 67.8 Å². The monoisotopic (exact) mass is 619 g/mol. The largest absolute Gasteiger partial charge is 0.494 e. The third kappa shape index (κ3) is 9.63. The van der Waals surface area contributed by atoms with Crippen LogP contribution in [-0.4, -0.2) is 69.2 Å². The van der Waals surface area contributed by atoms with E-state index in [1.165, 1.54) is 14.2 Å². The lowest BCUT2D eigenvalue weighted by atomic mass is 10.1. The van der Waals surface area contributed by atoms with Gasteiger partial charge in [0.2, 0.25) is 0 Å². The van der Waals surface area contributed by atoms with E-state index in [2.05, 4.69) is 4.99 Å². The Morgan fingerprint density at radius 1 is 0.667 bits per heavy atom. The van der Waals surface area contributed by atoms with Crippen molar-refractivity contribution in [1.29, 1.82) is 0 Å². The number of rotatable bonds is 16. The van der Waals surface area contributed by atoms with Crippen molar-refractivity contribution in [2.45, 2.75) is 59.0 Å². The third-order valence-corrected chi connectivity index (χ3v) is 7.08. The summed E-state index contributed by atoms with van der Waals surface area (Å²) in [6.45, 7) is 9.10. The second-order valence-corrected chi connectivity index (χ2v) is 10.9. The van der Waals surface area contributed by atoms with E-state index in [0.717, 1.165) is 19.3 Å². The second-order valence-electron chi connectivity index (χ2n) is 10.9. The summed E-state index contributed by atoms with van der Waals surface area (Å²) in [5, 5.41) is 0. The van der Waals surface area contributed by atoms with Gasteiger partial charge in [-0.3, -0.25) is 9.59 Å². The van der Waals surface area contributed by atoms with Crippen molar-refractivity contribution in [2.24, 2.45) is 10.7 Å². The minimum atomic E-state index is -0.483. The van der Waals surface area contributed by atoms with Crippen LogP contribution in [0.3, 0.4) is 0 Å². The number of amides is 2. The summed E-state index contributed by atoms with van der Waals surface area (Å²) >= 11 is 0. The molecule has 3 aromatic carbocycles. The number of nitrogens with two attached hydrogens (primary N) is 1. The van der Waals surface area contributed by atoms with Gasteiger partial charge in [-0.15, -0.1) is 0 Å². The van der Waals surface area contributed by atoms with Gasteiger partial charge in [0.25, 0.3) is 11.8 Å². The van der Waals surface area contributed by atoms with Gasteiger partial charge in [-0.2, -0.15) is 4.99 Å². The van der Waals surface area contributed by atoms with Gasteiger partial charge in [0.05, 0.1) is 34.5 Å². The van der Waals surface area contributed by atoms with E-state index >= 15 is 0 Å². The van der Waals surface area contributed by atoms with Crippen LogP contribution in [0.4, 0.5) is 0 Å².